The molecule has 7 heteroatoms. The molecule has 1 heterocycles. The zero-order chi connectivity index (χ0) is 25.4. The van der Waals surface area contributed by atoms with Crippen molar-refractivity contribution in [1.29, 1.82) is 0 Å². The van der Waals surface area contributed by atoms with Crippen LogP contribution >= 0.6 is 0 Å². The highest BCUT2D eigenvalue weighted by Crippen LogP contribution is 2.62. The summed E-state index contributed by atoms with van der Waals surface area (Å²) < 4.78 is 12.3. The van der Waals surface area contributed by atoms with E-state index in [2.05, 4.69) is 50.5 Å². The summed E-state index contributed by atoms with van der Waals surface area (Å²) in [5.74, 6) is 0.504. The fourth-order valence-electron chi connectivity index (χ4n) is 6.52. The Bertz CT molecular complexity index is 867. The molecule has 0 aromatic heterocycles. The third-order valence-corrected chi connectivity index (χ3v) is 8.95. The monoisotopic (exact) mass is 490 g/mol. The van der Waals surface area contributed by atoms with Gasteiger partial charge in [0.2, 0.25) is 0 Å². The van der Waals surface area contributed by atoms with Crippen LogP contribution in [0.5, 0.6) is 0 Å². The number of rotatable bonds is 8. The van der Waals surface area contributed by atoms with Gasteiger partial charge in [-0.3, -0.25) is 0 Å². The lowest BCUT2D eigenvalue weighted by molar-refractivity contribution is -0.291. The molecule has 7 atom stereocenters. The first-order valence-electron chi connectivity index (χ1n) is 13.4. The van der Waals surface area contributed by atoms with Gasteiger partial charge in [0.05, 0.1) is 12.7 Å². The van der Waals surface area contributed by atoms with Gasteiger partial charge in [0.15, 0.2) is 6.29 Å². The molecule has 0 aromatic rings. The van der Waals surface area contributed by atoms with Gasteiger partial charge in [-0.25, -0.2) is 0 Å². The first-order valence-corrected chi connectivity index (χ1v) is 13.4. The largest absolute Gasteiger partial charge is 0.388 e. The Morgan fingerprint density at radius 3 is 2.57 bits per heavy atom. The Balaban J connectivity index is 1.69. The van der Waals surface area contributed by atoms with Gasteiger partial charge in [-0.05, 0) is 61.6 Å². The van der Waals surface area contributed by atoms with E-state index in [1.54, 1.807) is 5.57 Å². The molecule has 4 rings (SSSR count). The van der Waals surface area contributed by atoms with E-state index in [-0.39, 0.29) is 23.5 Å². The van der Waals surface area contributed by atoms with Gasteiger partial charge in [-0.15, -0.1) is 0 Å². The number of allylic oxidation sites excluding steroid dienone is 4. The van der Waals surface area contributed by atoms with Crippen LogP contribution in [0.2, 0.25) is 0 Å². The average molecular weight is 491 g/mol. The van der Waals surface area contributed by atoms with Gasteiger partial charge in [0.25, 0.3) is 0 Å². The minimum atomic E-state index is -1.29. The van der Waals surface area contributed by atoms with Crippen molar-refractivity contribution in [2.24, 2.45) is 16.7 Å². The second kappa shape index (κ2) is 10.7. The number of likely N-dealkylation sites (N-methyl/N-ethyl adjacent to an activating group) is 1. The zero-order valence-electron chi connectivity index (χ0n) is 22.1. The molecule has 0 amide bonds. The molecule has 7 nitrogen and oxygen atoms in total. The van der Waals surface area contributed by atoms with Crippen molar-refractivity contribution < 1.29 is 24.8 Å². The summed E-state index contributed by atoms with van der Waals surface area (Å²) in [4.78, 5) is 0. The third kappa shape index (κ3) is 5.19. The predicted octanol–water partition coefficient (Wildman–Crippen LogP) is 2.43. The summed E-state index contributed by atoms with van der Waals surface area (Å²) in [6.45, 7) is 11.8. The van der Waals surface area contributed by atoms with Crippen LogP contribution in [0.1, 0.15) is 59.8 Å². The highest BCUT2D eigenvalue weighted by molar-refractivity contribution is 5.52. The first kappa shape index (κ1) is 27.0. The van der Waals surface area contributed by atoms with Crippen LogP contribution in [0.15, 0.2) is 34.4 Å². The molecular formula is C28H46N2O5. The molecule has 0 radical (unpaired) electrons. The number of nitrogens with one attached hydrogen (secondary N) is 2. The molecule has 3 aliphatic carbocycles. The SMILES string of the molecule is CNCCNCC1=CC=C2C3=C(C(C)C)CC[C@]3(C)CC[C@@]2(C)[C@@H](O[C@@H]2OC[C@@H](O)[C@H](O)[C@H]2O)C1. The van der Waals surface area contributed by atoms with E-state index in [1.165, 1.54) is 23.1 Å². The van der Waals surface area contributed by atoms with E-state index in [4.69, 9.17) is 9.47 Å². The maximum Gasteiger partial charge on any atom is 0.186 e. The van der Waals surface area contributed by atoms with Crippen molar-refractivity contribution in [1.82, 2.24) is 10.6 Å². The van der Waals surface area contributed by atoms with Gasteiger partial charge < -0.3 is 35.4 Å². The summed E-state index contributed by atoms with van der Waals surface area (Å²) in [6.07, 6.45) is 4.93. The average Bonchev–Trinajstić information content (AvgIpc) is 3.11. The Morgan fingerprint density at radius 1 is 1.09 bits per heavy atom. The molecule has 1 aliphatic heterocycles. The Morgan fingerprint density at radius 2 is 1.86 bits per heavy atom. The standard InChI is InChI=1S/C28H46N2O5/c1-17(2)19-8-9-27(3)10-11-28(4)20(23(19)27)7-6-18(15-30-13-12-29-5)14-22(28)35-26-25(33)24(32)21(31)16-34-26/h6-7,17,21-22,24-26,29-33H,8-16H2,1-5H3/t21-,22+,24+,25-,26+,27-,28-/m1/s1. The minimum absolute atomic E-state index is 0.0516. The number of ether oxygens (including phenoxy) is 2. The fourth-order valence-corrected chi connectivity index (χ4v) is 6.52. The first-order chi connectivity index (χ1) is 16.6. The Hall–Kier alpha value is -1.06. The molecule has 0 unspecified atom stereocenters. The van der Waals surface area contributed by atoms with Crippen LogP contribution in [-0.4, -0.2) is 79.3 Å². The van der Waals surface area contributed by atoms with E-state index in [9.17, 15) is 15.3 Å². The highest BCUT2D eigenvalue weighted by Gasteiger charge is 2.53. The lowest BCUT2D eigenvalue weighted by Crippen LogP contribution is -2.56. The molecule has 4 aliphatic rings. The number of aliphatic hydroxyl groups excluding tert-OH is 3. The molecule has 0 bridgehead atoms. The van der Waals surface area contributed by atoms with Crippen LogP contribution in [0.3, 0.4) is 0 Å². The molecule has 0 aromatic carbocycles. The smallest absolute Gasteiger partial charge is 0.186 e. The molecular weight excluding hydrogens is 444 g/mol. The Kier molecular flexibility index (Phi) is 8.28. The van der Waals surface area contributed by atoms with Crippen molar-refractivity contribution in [2.75, 3.05) is 33.3 Å². The normalized spacial score (nSPS) is 39.7. The number of aliphatic hydroxyl groups is 3. The lowest BCUT2D eigenvalue weighted by Gasteiger charge is -2.50. The van der Waals surface area contributed by atoms with Crippen molar-refractivity contribution in [2.45, 2.75) is 90.5 Å². The van der Waals surface area contributed by atoms with E-state index < -0.39 is 24.6 Å². The van der Waals surface area contributed by atoms with Crippen molar-refractivity contribution in [3.8, 4) is 0 Å². The second-order valence-corrected chi connectivity index (χ2v) is 11.8. The van der Waals surface area contributed by atoms with Crippen LogP contribution in [0, 0.1) is 16.7 Å². The molecule has 5 N–H and O–H groups in total. The molecule has 1 saturated carbocycles. The summed E-state index contributed by atoms with van der Waals surface area (Å²) >= 11 is 0. The topological polar surface area (TPSA) is 103 Å². The fraction of sp³-hybridized carbons (Fsp3) is 0.786. The summed E-state index contributed by atoms with van der Waals surface area (Å²) in [7, 11) is 1.95. The van der Waals surface area contributed by atoms with E-state index in [1.807, 2.05) is 7.05 Å². The lowest BCUT2D eigenvalue weighted by atomic mass is 9.57. The quantitative estimate of drug-likeness (QED) is 0.333. The van der Waals surface area contributed by atoms with Crippen molar-refractivity contribution >= 4 is 0 Å². The molecule has 1 saturated heterocycles. The predicted molar refractivity (Wildman–Crippen MR) is 137 cm³/mol. The van der Waals surface area contributed by atoms with Gasteiger partial charge >= 0.3 is 0 Å². The summed E-state index contributed by atoms with van der Waals surface area (Å²) in [5.41, 5.74) is 5.67. The second-order valence-electron chi connectivity index (χ2n) is 11.8. The maximum absolute atomic E-state index is 10.6. The van der Waals surface area contributed by atoms with Crippen molar-refractivity contribution in [3.63, 3.8) is 0 Å². The van der Waals surface area contributed by atoms with Crippen LogP contribution in [0.25, 0.3) is 0 Å². The molecule has 2 fully saturated rings. The molecule has 35 heavy (non-hydrogen) atoms. The third-order valence-electron chi connectivity index (χ3n) is 8.95. The maximum atomic E-state index is 10.6. The highest BCUT2D eigenvalue weighted by atomic mass is 16.7. The zero-order valence-corrected chi connectivity index (χ0v) is 22.1. The van der Waals surface area contributed by atoms with Crippen LogP contribution in [0.4, 0.5) is 0 Å². The van der Waals surface area contributed by atoms with E-state index in [0.717, 1.165) is 45.3 Å². The van der Waals surface area contributed by atoms with Gasteiger partial charge in [-0.2, -0.15) is 0 Å². The number of hydrogen-bond donors (Lipinski definition) is 5. The summed E-state index contributed by atoms with van der Waals surface area (Å²) in [6, 6.07) is 0. The van der Waals surface area contributed by atoms with Gasteiger partial charge in [0.1, 0.15) is 18.3 Å². The Labute approximate surface area is 210 Å². The molecule has 0 spiro atoms. The minimum Gasteiger partial charge on any atom is -0.388 e. The number of fused-ring (bicyclic) bond motifs is 3. The van der Waals surface area contributed by atoms with Crippen LogP contribution < -0.4 is 10.6 Å². The number of hydrogen-bond acceptors (Lipinski definition) is 7. The van der Waals surface area contributed by atoms with Gasteiger partial charge in [0, 0.05) is 25.0 Å². The van der Waals surface area contributed by atoms with Crippen molar-refractivity contribution in [3.05, 3.63) is 34.4 Å². The summed E-state index contributed by atoms with van der Waals surface area (Å²) in [5, 5.41) is 37.5. The van der Waals surface area contributed by atoms with E-state index >= 15 is 0 Å². The van der Waals surface area contributed by atoms with E-state index in [0.29, 0.717) is 5.92 Å². The van der Waals surface area contributed by atoms with Crippen LogP contribution in [-0.2, 0) is 9.47 Å². The molecule has 198 valence electrons. The van der Waals surface area contributed by atoms with Gasteiger partial charge in [-0.1, -0.05) is 51.0 Å².